The number of methoxy groups -OCH3 is 1. The van der Waals surface area contributed by atoms with Gasteiger partial charge in [-0.2, -0.15) is 0 Å². The third kappa shape index (κ3) is 6.60. The second-order valence-electron chi connectivity index (χ2n) is 6.59. The van der Waals surface area contributed by atoms with Crippen molar-refractivity contribution >= 4 is 23.4 Å². The molecule has 0 heterocycles. The minimum Gasteiger partial charge on any atom is -0.497 e. The SMILES string of the molecule is COc1ccc(NC(=O)CNC(=O)CN(C(=O)c2ccc(F)cc2)C(C)C)cc1. The molecule has 0 aliphatic rings. The molecule has 2 N–H and O–H groups in total. The van der Waals surface area contributed by atoms with Gasteiger partial charge in [-0.15, -0.1) is 0 Å². The number of benzene rings is 2. The van der Waals surface area contributed by atoms with Gasteiger partial charge in [0.15, 0.2) is 0 Å². The second-order valence-corrected chi connectivity index (χ2v) is 6.59. The van der Waals surface area contributed by atoms with Crippen LogP contribution in [0, 0.1) is 5.82 Å². The Morgan fingerprint density at radius 1 is 1.00 bits per heavy atom. The molecule has 2 aromatic carbocycles. The molecule has 0 unspecified atom stereocenters. The Balaban J connectivity index is 1.88. The van der Waals surface area contributed by atoms with Gasteiger partial charge in [0.1, 0.15) is 18.1 Å². The van der Waals surface area contributed by atoms with E-state index in [-0.39, 0.29) is 24.7 Å². The van der Waals surface area contributed by atoms with Gasteiger partial charge < -0.3 is 20.3 Å². The van der Waals surface area contributed by atoms with Crippen LogP contribution in [-0.4, -0.2) is 48.9 Å². The molecule has 8 heteroatoms. The summed E-state index contributed by atoms with van der Waals surface area (Å²) in [6, 6.07) is 11.6. The van der Waals surface area contributed by atoms with E-state index in [0.29, 0.717) is 11.4 Å². The van der Waals surface area contributed by atoms with Crippen LogP contribution in [0.3, 0.4) is 0 Å². The Labute approximate surface area is 168 Å². The number of hydrogen-bond acceptors (Lipinski definition) is 4. The molecule has 0 fully saturated rings. The molecular weight excluding hydrogens is 377 g/mol. The van der Waals surface area contributed by atoms with E-state index in [1.807, 2.05) is 0 Å². The monoisotopic (exact) mass is 401 g/mol. The zero-order valence-electron chi connectivity index (χ0n) is 16.6. The fourth-order valence-electron chi connectivity index (χ4n) is 2.52. The highest BCUT2D eigenvalue weighted by molar-refractivity contribution is 5.98. The summed E-state index contributed by atoms with van der Waals surface area (Å²) in [5.74, 6) is -1.05. The second kappa shape index (κ2) is 10.2. The number of hydrogen-bond donors (Lipinski definition) is 2. The van der Waals surface area contributed by atoms with Gasteiger partial charge in [-0.25, -0.2) is 4.39 Å². The smallest absolute Gasteiger partial charge is 0.254 e. The van der Waals surface area contributed by atoms with Crippen molar-refractivity contribution in [2.75, 3.05) is 25.5 Å². The average molecular weight is 401 g/mol. The molecule has 7 nitrogen and oxygen atoms in total. The van der Waals surface area contributed by atoms with E-state index in [2.05, 4.69) is 10.6 Å². The largest absolute Gasteiger partial charge is 0.497 e. The topological polar surface area (TPSA) is 87.7 Å². The first-order chi connectivity index (χ1) is 13.8. The normalized spacial score (nSPS) is 10.4. The first kappa shape index (κ1) is 21.9. The fourth-order valence-corrected chi connectivity index (χ4v) is 2.52. The zero-order valence-corrected chi connectivity index (χ0v) is 16.6. The zero-order chi connectivity index (χ0) is 21.4. The van der Waals surface area contributed by atoms with Crippen LogP contribution >= 0.6 is 0 Å². The minimum atomic E-state index is -0.473. The standard InChI is InChI=1S/C21H24FN3O4/c1-14(2)25(21(28)15-4-6-16(22)7-5-15)13-20(27)23-12-19(26)24-17-8-10-18(29-3)11-9-17/h4-11,14H,12-13H2,1-3H3,(H,23,27)(H,24,26). The highest BCUT2D eigenvalue weighted by atomic mass is 19.1. The molecular formula is C21H24FN3O4. The summed E-state index contributed by atoms with van der Waals surface area (Å²) in [6.45, 7) is 3.08. The van der Waals surface area contributed by atoms with E-state index >= 15 is 0 Å². The Morgan fingerprint density at radius 3 is 2.17 bits per heavy atom. The Morgan fingerprint density at radius 2 is 1.62 bits per heavy atom. The first-order valence-electron chi connectivity index (χ1n) is 9.07. The molecule has 2 aromatic rings. The molecule has 29 heavy (non-hydrogen) atoms. The number of nitrogens with zero attached hydrogens (tertiary/aromatic N) is 1. The maximum absolute atomic E-state index is 13.1. The Bertz CT molecular complexity index is 851. The number of halogens is 1. The molecule has 0 bridgehead atoms. The summed E-state index contributed by atoms with van der Waals surface area (Å²) in [5.41, 5.74) is 0.852. The van der Waals surface area contributed by atoms with Crippen molar-refractivity contribution in [3.05, 3.63) is 59.9 Å². The fraction of sp³-hybridized carbons (Fsp3) is 0.286. The van der Waals surface area contributed by atoms with Gasteiger partial charge >= 0.3 is 0 Å². The lowest BCUT2D eigenvalue weighted by Gasteiger charge is -2.26. The van der Waals surface area contributed by atoms with Crippen LogP contribution in [0.5, 0.6) is 5.75 Å². The number of rotatable bonds is 8. The summed E-state index contributed by atoms with van der Waals surface area (Å²) in [6.07, 6.45) is 0. The van der Waals surface area contributed by atoms with Crippen LogP contribution < -0.4 is 15.4 Å². The quantitative estimate of drug-likeness (QED) is 0.711. The van der Waals surface area contributed by atoms with Crippen LogP contribution in [0.4, 0.5) is 10.1 Å². The minimum absolute atomic E-state index is 0.219. The Kier molecular flexibility index (Phi) is 7.70. The molecule has 0 atom stereocenters. The van der Waals surface area contributed by atoms with Crippen molar-refractivity contribution in [3.63, 3.8) is 0 Å². The van der Waals surface area contributed by atoms with Crippen molar-refractivity contribution in [2.24, 2.45) is 0 Å². The molecule has 0 spiro atoms. The summed E-state index contributed by atoms with van der Waals surface area (Å²) < 4.78 is 18.1. The van der Waals surface area contributed by atoms with Gasteiger partial charge in [0, 0.05) is 17.3 Å². The first-order valence-corrected chi connectivity index (χ1v) is 9.07. The van der Waals surface area contributed by atoms with Crippen molar-refractivity contribution in [1.82, 2.24) is 10.2 Å². The number of ether oxygens (including phenoxy) is 1. The van der Waals surface area contributed by atoms with Gasteiger partial charge in [-0.3, -0.25) is 14.4 Å². The van der Waals surface area contributed by atoms with Crippen molar-refractivity contribution < 1.29 is 23.5 Å². The van der Waals surface area contributed by atoms with E-state index in [9.17, 15) is 18.8 Å². The van der Waals surface area contributed by atoms with Crippen molar-refractivity contribution in [2.45, 2.75) is 19.9 Å². The molecule has 0 aliphatic carbocycles. The summed E-state index contributed by atoms with van der Waals surface area (Å²) in [5, 5.41) is 5.15. The number of nitrogens with one attached hydrogen (secondary N) is 2. The van der Waals surface area contributed by atoms with Crippen LogP contribution in [0.1, 0.15) is 24.2 Å². The highest BCUT2D eigenvalue weighted by Gasteiger charge is 2.21. The van der Waals surface area contributed by atoms with Gasteiger partial charge in [-0.05, 0) is 62.4 Å². The van der Waals surface area contributed by atoms with Crippen LogP contribution in [-0.2, 0) is 9.59 Å². The number of amides is 3. The highest BCUT2D eigenvalue weighted by Crippen LogP contribution is 2.14. The van der Waals surface area contributed by atoms with Gasteiger partial charge in [0.05, 0.1) is 13.7 Å². The molecule has 0 saturated heterocycles. The molecule has 2 rings (SSSR count). The van der Waals surface area contributed by atoms with Crippen LogP contribution in [0.15, 0.2) is 48.5 Å². The van der Waals surface area contributed by atoms with Crippen LogP contribution in [0.2, 0.25) is 0 Å². The number of carbonyl (C=O) groups is 3. The predicted molar refractivity (Wildman–Crippen MR) is 107 cm³/mol. The molecule has 0 radical (unpaired) electrons. The lowest BCUT2D eigenvalue weighted by Crippen LogP contribution is -2.45. The predicted octanol–water partition coefficient (Wildman–Crippen LogP) is 2.44. The number of carbonyl (C=O) groups excluding carboxylic acids is 3. The molecule has 0 aromatic heterocycles. The molecule has 154 valence electrons. The third-order valence-corrected chi connectivity index (χ3v) is 4.11. The van der Waals surface area contributed by atoms with Crippen molar-refractivity contribution in [3.8, 4) is 5.75 Å². The van der Waals surface area contributed by atoms with Gasteiger partial charge in [0.2, 0.25) is 11.8 Å². The maximum atomic E-state index is 13.1. The van der Waals surface area contributed by atoms with E-state index in [1.165, 1.54) is 29.2 Å². The summed E-state index contributed by atoms with van der Waals surface area (Å²) in [4.78, 5) is 38.2. The lowest BCUT2D eigenvalue weighted by atomic mass is 10.1. The Hall–Kier alpha value is -3.42. The lowest BCUT2D eigenvalue weighted by molar-refractivity contribution is -0.124. The van der Waals surface area contributed by atoms with Gasteiger partial charge in [0.25, 0.3) is 5.91 Å². The third-order valence-electron chi connectivity index (χ3n) is 4.11. The summed E-state index contributed by atoms with van der Waals surface area (Å²) in [7, 11) is 1.55. The van der Waals surface area contributed by atoms with Crippen LogP contribution in [0.25, 0.3) is 0 Å². The van der Waals surface area contributed by atoms with Crippen molar-refractivity contribution in [1.29, 1.82) is 0 Å². The summed E-state index contributed by atoms with van der Waals surface area (Å²) >= 11 is 0. The molecule has 0 aliphatic heterocycles. The molecule has 3 amide bonds. The number of anilines is 1. The van der Waals surface area contributed by atoms with E-state index < -0.39 is 23.5 Å². The van der Waals surface area contributed by atoms with E-state index in [0.717, 1.165) is 0 Å². The van der Waals surface area contributed by atoms with E-state index in [4.69, 9.17) is 4.74 Å². The average Bonchev–Trinajstić information content (AvgIpc) is 2.71. The van der Waals surface area contributed by atoms with Gasteiger partial charge in [-0.1, -0.05) is 0 Å². The maximum Gasteiger partial charge on any atom is 0.254 e. The van der Waals surface area contributed by atoms with E-state index in [1.54, 1.807) is 45.2 Å². The molecule has 0 saturated carbocycles.